The topological polar surface area (TPSA) is 55.4 Å². The van der Waals surface area contributed by atoms with Crippen molar-refractivity contribution in [1.29, 1.82) is 0 Å². The molecule has 0 fully saturated rings. The summed E-state index contributed by atoms with van der Waals surface area (Å²) in [5.41, 5.74) is 1.51. The third kappa shape index (κ3) is 3.40. The van der Waals surface area contributed by atoms with Gasteiger partial charge in [0.25, 0.3) is 5.91 Å². The van der Waals surface area contributed by atoms with Crippen LogP contribution in [-0.4, -0.2) is 19.0 Å². The smallest absolute Gasteiger partial charge is 0.338 e. The van der Waals surface area contributed by atoms with E-state index < -0.39 is 29.3 Å². The van der Waals surface area contributed by atoms with Crippen LogP contribution in [0.15, 0.2) is 24.3 Å². The minimum Gasteiger partial charge on any atom is -0.465 e. The summed E-state index contributed by atoms with van der Waals surface area (Å²) in [4.78, 5) is 23.8. The average Bonchev–Trinajstić information content (AvgIpc) is 2.54. The van der Waals surface area contributed by atoms with E-state index in [9.17, 15) is 22.8 Å². The number of hydrogen-bond acceptors (Lipinski definition) is 3. The Kier molecular flexibility index (Phi) is 4.92. The fourth-order valence-corrected chi connectivity index (χ4v) is 2.14. The van der Waals surface area contributed by atoms with Crippen LogP contribution in [0.3, 0.4) is 0 Å². The molecule has 0 aliphatic heterocycles. The van der Waals surface area contributed by atoms with E-state index in [0.29, 0.717) is 23.3 Å². The number of methoxy groups -OCH3 is 1. The number of benzene rings is 2. The largest absolute Gasteiger partial charge is 0.465 e. The third-order valence-corrected chi connectivity index (χ3v) is 3.58. The molecule has 2 aromatic rings. The van der Waals surface area contributed by atoms with Crippen LogP contribution in [-0.2, 0) is 4.74 Å². The first-order chi connectivity index (χ1) is 11.2. The quantitative estimate of drug-likeness (QED) is 0.685. The van der Waals surface area contributed by atoms with Crippen LogP contribution in [0.1, 0.15) is 31.8 Å². The number of halogens is 3. The molecule has 126 valence electrons. The lowest BCUT2D eigenvalue weighted by Crippen LogP contribution is -2.15. The highest BCUT2D eigenvalue weighted by molar-refractivity contribution is 6.05. The van der Waals surface area contributed by atoms with Crippen LogP contribution in [0.4, 0.5) is 18.9 Å². The van der Waals surface area contributed by atoms with Gasteiger partial charge in [-0.3, -0.25) is 4.79 Å². The molecule has 0 atom stereocenters. The van der Waals surface area contributed by atoms with Gasteiger partial charge in [0.05, 0.1) is 12.7 Å². The Labute approximate surface area is 136 Å². The van der Waals surface area contributed by atoms with Crippen molar-refractivity contribution in [2.75, 3.05) is 12.4 Å². The van der Waals surface area contributed by atoms with Crippen molar-refractivity contribution in [3.8, 4) is 0 Å². The Morgan fingerprint density at radius 2 is 1.58 bits per heavy atom. The van der Waals surface area contributed by atoms with E-state index in [2.05, 4.69) is 10.1 Å². The molecular formula is C17H14F3NO3. The van der Waals surface area contributed by atoms with Crippen LogP contribution in [0.25, 0.3) is 0 Å². The first-order valence-corrected chi connectivity index (χ1v) is 6.90. The summed E-state index contributed by atoms with van der Waals surface area (Å²) in [6.45, 7) is 3.45. The summed E-state index contributed by atoms with van der Waals surface area (Å²) in [5, 5.41) is 2.42. The van der Waals surface area contributed by atoms with Gasteiger partial charge in [0, 0.05) is 11.3 Å². The molecule has 0 radical (unpaired) electrons. The molecule has 1 N–H and O–H groups in total. The highest BCUT2D eigenvalue weighted by Crippen LogP contribution is 2.22. The second-order valence-electron chi connectivity index (χ2n) is 5.17. The molecular weight excluding hydrogens is 323 g/mol. The van der Waals surface area contributed by atoms with Gasteiger partial charge in [-0.25, -0.2) is 18.0 Å². The Hall–Kier alpha value is -2.83. The highest BCUT2D eigenvalue weighted by Gasteiger charge is 2.17. The zero-order valence-electron chi connectivity index (χ0n) is 13.2. The number of amides is 1. The van der Waals surface area contributed by atoms with E-state index in [1.165, 1.54) is 13.2 Å². The van der Waals surface area contributed by atoms with Gasteiger partial charge in [0.15, 0.2) is 17.5 Å². The lowest BCUT2D eigenvalue weighted by atomic mass is 10.0. The Balaban J connectivity index is 2.36. The van der Waals surface area contributed by atoms with Gasteiger partial charge >= 0.3 is 5.97 Å². The number of esters is 1. The predicted octanol–water partition coefficient (Wildman–Crippen LogP) is 3.76. The maximum Gasteiger partial charge on any atom is 0.338 e. The van der Waals surface area contributed by atoms with E-state index in [4.69, 9.17) is 0 Å². The van der Waals surface area contributed by atoms with Gasteiger partial charge in [-0.2, -0.15) is 0 Å². The first kappa shape index (κ1) is 17.5. The van der Waals surface area contributed by atoms with Crippen molar-refractivity contribution in [1.82, 2.24) is 0 Å². The molecule has 7 heteroatoms. The molecule has 0 bridgehead atoms. The monoisotopic (exact) mass is 337 g/mol. The average molecular weight is 337 g/mol. The molecule has 0 saturated heterocycles. The summed E-state index contributed by atoms with van der Waals surface area (Å²) in [6.07, 6.45) is 0. The molecule has 24 heavy (non-hydrogen) atoms. The predicted molar refractivity (Wildman–Crippen MR) is 81.5 cm³/mol. The molecule has 0 unspecified atom stereocenters. The molecule has 0 spiro atoms. The Morgan fingerprint density at radius 1 is 1.00 bits per heavy atom. The van der Waals surface area contributed by atoms with Gasteiger partial charge in [-0.1, -0.05) is 0 Å². The van der Waals surface area contributed by atoms with Crippen LogP contribution < -0.4 is 5.32 Å². The van der Waals surface area contributed by atoms with Gasteiger partial charge in [0.2, 0.25) is 0 Å². The standard InChI is InChI=1S/C17H14F3NO3/c1-8-4-11(7-12(9(8)2)17(23)24-3)21-16(22)10-5-13(18)15(20)14(19)6-10/h4-7H,1-3H3,(H,21,22). The molecule has 1 amide bonds. The number of hydrogen-bond donors (Lipinski definition) is 1. The van der Waals surface area contributed by atoms with Gasteiger partial charge in [-0.05, 0) is 49.2 Å². The summed E-state index contributed by atoms with van der Waals surface area (Å²) in [7, 11) is 1.23. The van der Waals surface area contributed by atoms with E-state index in [-0.39, 0.29) is 16.8 Å². The van der Waals surface area contributed by atoms with E-state index in [1.807, 2.05) is 0 Å². The van der Waals surface area contributed by atoms with Crippen molar-refractivity contribution < 1.29 is 27.5 Å². The summed E-state index contributed by atoms with van der Waals surface area (Å²) >= 11 is 0. The van der Waals surface area contributed by atoms with E-state index in [0.717, 1.165) is 0 Å². The SMILES string of the molecule is COC(=O)c1cc(NC(=O)c2cc(F)c(F)c(F)c2)cc(C)c1C. The summed E-state index contributed by atoms with van der Waals surface area (Å²) < 4.78 is 44.0. The number of nitrogens with one attached hydrogen (secondary N) is 1. The second kappa shape index (κ2) is 6.74. The minimum atomic E-state index is -1.65. The lowest BCUT2D eigenvalue weighted by Gasteiger charge is -2.12. The first-order valence-electron chi connectivity index (χ1n) is 6.90. The number of aryl methyl sites for hydroxylation is 1. The Morgan fingerprint density at radius 3 is 2.12 bits per heavy atom. The van der Waals surface area contributed by atoms with Crippen LogP contribution in [0, 0.1) is 31.3 Å². The number of ether oxygens (including phenoxy) is 1. The van der Waals surface area contributed by atoms with Gasteiger partial charge in [-0.15, -0.1) is 0 Å². The molecule has 0 saturated carbocycles. The molecule has 0 aliphatic carbocycles. The summed E-state index contributed by atoms with van der Waals surface area (Å²) in [5.74, 6) is -5.99. The van der Waals surface area contributed by atoms with Gasteiger partial charge in [0.1, 0.15) is 0 Å². The van der Waals surface area contributed by atoms with Crippen LogP contribution in [0.2, 0.25) is 0 Å². The molecule has 0 aromatic heterocycles. The fourth-order valence-electron chi connectivity index (χ4n) is 2.14. The van der Waals surface area contributed by atoms with Crippen molar-refractivity contribution >= 4 is 17.6 Å². The summed E-state index contributed by atoms with van der Waals surface area (Å²) in [6, 6.07) is 4.17. The molecule has 0 heterocycles. The number of carbonyl (C=O) groups excluding carboxylic acids is 2. The normalized spacial score (nSPS) is 10.4. The van der Waals surface area contributed by atoms with Crippen molar-refractivity contribution in [3.63, 3.8) is 0 Å². The van der Waals surface area contributed by atoms with Crippen molar-refractivity contribution in [2.45, 2.75) is 13.8 Å². The Bertz CT molecular complexity index is 811. The zero-order chi connectivity index (χ0) is 18.0. The van der Waals surface area contributed by atoms with Crippen LogP contribution >= 0.6 is 0 Å². The number of rotatable bonds is 3. The van der Waals surface area contributed by atoms with Gasteiger partial charge < -0.3 is 10.1 Å². The lowest BCUT2D eigenvalue weighted by molar-refractivity contribution is 0.0599. The van der Waals surface area contributed by atoms with E-state index in [1.54, 1.807) is 19.9 Å². The fraction of sp³-hybridized carbons (Fsp3) is 0.176. The second-order valence-corrected chi connectivity index (χ2v) is 5.17. The molecule has 4 nitrogen and oxygen atoms in total. The van der Waals surface area contributed by atoms with E-state index >= 15 is 0 Å². The number of anilines is 1. The maximum atomic E-state index is 13.2. The van der Waals surface area contributed by atoms with Crippen LogP contribution in [0.5, 0.6) is 0 Å². The number of carbonyl (C=O) groups is 2. The van der Waals surface area contributed by atoms with Crippen molar-refractivity contribution in [2.24, 2.45) is 0 Å². The third-order valence-electron chi connectivity index (χ3n) is 3.58. The molecule has 2 rings (SSSR count). The molecule has 0 aliphatic rings. The zero-order valence-corrected chi connectivity index (χ0v) is 13.2. The van der Waals surface area contributed by atoms with Crippen molar-refractivity contribution in [3.05, 3.63) is 64.0 Å². The highest BCUT2D eigenvalue weighted by atomic mass is 19.2. The minimum absolute atomic E-state index is 0.244. The molecule has 2 aromatic carbocycles. The maximum absolute atomic E-state index is 13.2.